The summed E-state index contributed by atoms with van der Waals surface area (Å²) < 4.78 is 0. The highest BCUT2D eigenvalue weighted by molar-refractivity contribution is 5.81. The molecule has 1 amide bonds. The van der Waals surface area contributed by atoms with Crippen LogP contribution in [0.4, 0.5) is 0 Å². The van der Waals surface area contributed by atoms with E-state index in [0.717, 1.165) is 12.1 Å². The van der Waals surface area contributed by atoms with Crippen LogP contribution < -0.4 is 5.73 Å². The molecular weight excluding hydrogens is 256 g/mol. The smallest absolute Gasteiger partial charge is 0.239 e. The number of carbonyl (C=O) groups is 1. The van der Waals surface area contributed by atoms with E-state index in [-0.39, 0.29) is 17.4 Å². The van der Waals surface area contributed by atoms with Gasteiger partial charge in [-0.25, -0.2) is 0 Å². The van der Waals surface area contributed by atoms with Gasteiger partial charge in [-0.1, -0.05) is 12.5 Å². The van der Waals surface area contributed by atoms with Crippen LogP contribution in [-0.2, 0) is 11.2 Å². The Morgan fingerprint density at radius 3 is 2.65 bits per heavy atom. The second-order valence-electron chi connectivity index (χ2n) is 5.65. The molecule has 5 heteroatoms. The van der Waals surface area contributed by atoms with Crippen LogP contribution in [0.2, 0.25) is 0 Å². The van der Waals surface area contributed by atoms with Crippen molar-refractivity contribution in [3.8, 4) is 11.5 Å². The lowest BCUT2D eigenvalue weighted by Crippen LogP contribution is -2.45. The van der Waals surface area contributed by atoms with E-state index in [1.54, 1.807) is 18.0 Å². The van der Waals surface area contributed by atoms with Crippen LogP contribution >= 0.6 is 0 Å². The molecule has 0 spiro atoms. The topological polar surface area (TPSA) is 86.8 Å². The number of benzene rings is 1. The zero-order chi connectivity index (χ0) is 14.7. The lowest BCUT2D eigenvalue weighted by molar-refractivity contribution is -0.132. The maximum absolute atomic E-state index is 12.2. The zero-order valence-electron chi connectivity index (χ0n) is 11.7. The molecule has 1 fully saturated rings. The number of carbonyl (C=O) groups excluding carboxylic acids is 1. The van der Waals surface area contributed by atoms with E-state index in [1.165, 1.54) is 31.4 Å². The Balaban J connectivity index is 1.90. The maximum atomic E-state index is 12.2. The third kappa shape index (κ3) is 3.42. The lowest BCUT2D eigenvalue weighted by atomic mass is 9.85. The van der Waals surface area contributed by atoms with E-state index in [4.69, 9.17) is 5.73 Å². The summed E-state index contributed by atoms with van der Waals surface area (Å²) in [6.07, 6.45) is 3.99. The van der Waals surface area contributed by atoms with Gasteiger partial charge >= 0.3 is 0 Å². The molecule has 1 saturated carbocycles. The predicted octanol–water partition coefficient (Wildman–Crippen LogP) is 1.23. The fraction of sp³-hybridized carbons (Fsp3) is 0.533. The van der Waals surface area contributed by atoms with E-state index in [0.29, 0.717) is 12.3 Å². The summed E-state index contributed by atoms with van der Waals surface area (Å²) in [5, 5.41) is 18.7. The number of nitrogens with zero attached hydrogens (tertiary/aromatic N) is 1. The van der Waals surface area contributed by atoms with Crippen LogP contribution in [0.25, 0.3) is 0 Å². The van der Waals surface area contributed by atoms with Crippen molar-refractivity contribution in [1.82, 2.24) is 4.90 Å². The van der Waals surface area contributed by atoms with Crippen molar-refractivity contribution in [3.63, 3.8) is 0 Å². The number of phenols is 2. The van der Waals surface area contributed by atoms with Gasteiger partial charge in [-0.2, -0.15) is 0 Å². The molecule has 2 rings (SSSR count). The summed E-state index contributed by atoms with van der Waals surface area (Å²) in [4.78, 5) is 13.9. The molecule has 20 heavy (non-hydrogen) atoms. The number of hydrogen-bond donors (Lipinski definition) is 3. The number of hydrogen-bond acceptors (Lipinski definition) is 4. The van der Waals surface area contributed by atoms with Crippen molar-refractivity contribution in [2.45, 2.75) is 31.7 Å². The summed E-state index contributed by atoms with van der Waals surface area (Å²) in [6, 6.07) is 3.88. The molecule has 5 nitrogen and oxygen atoms in total. The van der Waals surface area contributed by atoms with Crippen LogP contribution in [0.5, 0.6) is 11.5 Å². The SMILES string of the molecule is CN(CC1CCC1)C(=O)[C@@H](N)Cc1ccc(O)c(O)c1. The lowest BCUT2D eigenvalue weighted by Gasteiger charge is -2.31. The number of rotatable bonds is 5. The van der Waals surface area contributed by atoms with Crippen molar-refractivity contribution in [3.05, 3.63) is 23.8 Å². The van der Waals surface area contributed by atoms with Gasteiger partial charge in [-0.05, 0) is 42.9 Å². The molecule has 1 aliphatic carbocycles. The Morgan fingerprint density at radius 1 is 1.40 bits per heavy atom. The van der Waals surface area contributed by atoms with Crippen molar-refractivity contribution in [2.75, 3.05) is 13.6 Å². The molecule has 1 aromatic rings. The van der Waals surface area contributed by atoms with Gasteiger partial charge in [-0.3, -0.25) is 4.79 Å². The fourth-order valence-corrected chi connectivity index (χ4v) is 2.47. The average molecular weight is 278 g/mol. The average Bonchev–Trinajstić information content (AvgIpc) is 2.37. The van der Waals surface area contributed by atoms with Crippen LogP contribution in [-0.4, -0.2) is 40.7 Å². The molecule has 4 N–H and O–H groups in total. The van der Waals surface area contributed by atoms with E-state index in [1.807, 2.05) is 0 Å². The van der Waals surface area contributed by atoms with Crippen molar-refractivity contribution >= 4 is 5.91 Å². The van der Waals surface area contributed by atoms with Crippen LogP contribution in [0.3, 0.4) is 0 Å². The summed E-state index contributed by atoms with van der Waals surface area (Å²) in [5.74, 6) is 0.180. The molecule has 0 unspecified atom stereocenters. The Labute approximate surface area is 119 Å². The molecule has 0 bridgehead atoms. The number of likely N-dealkylation sites (N-methyl/N-ethyl adjacent to an activating group) is 1. The molecule has 1 atom stereocenters. The van der Waals surface area contributed by atoms with E-state index in [9.17, 15) is 15.0 Å². The van der Waals surface area contributed by atoms with Gasteiger partial charge < -0.3 is 20.8 Å². The highest BCUT2D eigenvalue weighted by atomic mass is 16.3. The summed E-state index contributed by atoms with van der Waals surface area (Å²) in [6.45, 7) is 0.771. The van der Waals surface area contributed by atoms with Gasteiger partial charge in [0.15, 0.2) is 11.5 Å². The third-order valence-corrected chi connectivity index (χ3v) is 3.95. The summed E-state index contributed by atoms with van der Waals surface area (Å²) >= 11 is 0. The summed E-state index contributed by atoms with van der Waals surface area (Å²) in [7, 11) is 1.79. The van der Waals surface area contributed by atoms with Gasteiger partial charge in [0, 0.05) is 13.6 Å². The van der Waals surface area contributed by atoms with Gasteiger partial charge in [0.25, 0.3) is 0 Å². The van der Waals surface area contributed by atoms with Crippen LogP contribution in [0, 0.1) is 5.92 Å². The fourth-order valence-electron chi connectivity index (χ4n) is 2.47. The molecule has 0 saturated heterocycles. The first kappa shape index (κ1) is 14.7. The number of nitrogens with two attached hydrogens (primary N) is 1. The Hall–Kier alpha value is -1.75. The first-order valence-electron chi connectivity index (χ1n) is 6.98. The van der Waals surface area contributed by atoms with Gasteiger partial charge in [0.05, 0.1) is 6.04 Å². The molecule has 1 aliphatic rings. The molecule has 1 aromatic carbocycles. The van der Waals surface area contributed by atoms with Gasteiger partial charge in [0.2, 0.25) is 5.91 Å². The van der Waals surface area contributed by atoms with Crippen LogP contribution in [0.15, 0.2) is 18.2 Å². The quantitative estimate of drug-likeness (QED) is 0.707. The molecule has 0 aromatic heterocycles. The zero-order valence-corrected chi connectivity index (χ0v) is 11.7. The second-order valence-corrected chi connectivity index (χ2v) is 5.65. The molecule has 110 valence electrons. The monoisotopic (exact) mass is 278 g/mol. The van der Waals surface area contributed by atoms with Crippen molar-refractivity contribution in [1.29, 1.82) is 0 Å². The van der Waals surface area contributed by atoms with Crippen LogP contribution in [0.1, 0.15) is 24.8 Å². The van der Waals surface area contributed by atoms with Gasteiger partial charge in [-0.15, -0.1) is 0 Å². The number of aromatic hydroxyl groups is 2. The maximum Gasteiger partial charge on any atom is 0.239 e. The highest BCUT2D eigenvalue weighted by Crippen LogP contribution is 2.27. The second kappa shape index (κ2) is 6.13. The standard InChI is InChI=1S/C15H22N2O3/c1-17(9-10-3-2-4-10)15(20)12(16)7-11-5-6-13(18)14(19)8-11/h5-6,8,10,12,18-19H,2-4,7,9,16H2,1H3/t12-/m0/s1. The molecule has 0 heterocycles. The minimum atomic E-state index is -0.621. The van der Waals surface area contributed by atoms with E-state index >= 15 is 0 Å². The number of amides is 1. The Bertz CT molecular complexity index is 486. The first-order chi connectivity index (χ1) is 9.47. The molecular formula is C15H22N2O3. The predicted molar refractivity (Wildman–Crippen MR) is 76.4 cm³/mol. The normalized spacial score (nSPS) is 16.5. The summed E-state index contributed by atoms with van der Waals surface area (Å²) in [5.41, 5.74) is 6.67. The largest absolute Gasteiger partial charge is 0.504 e. The van der Waals surface area contributed by atoms with Crippen molar-refractivity contribution < 1.29 is 15.0 Å². The van der Waals surface area contributed by atoms with E-state index in [2.05, 4.69) is 0 Å². The minimum Gasteiger partial charge on any atom is -0.504 e. The molecule has 0 aliphatic heterocycles. The highest BCUT2D eigenvalue weighted by Gasteiger charge is 2.24. The van der Waals surface area contributed by atoms with Gasteiger partial charge in [0.1, 0.15) is 0 Å². The number of phenolic OH excluding ortho intramolecular Hbond substituents is 2. The Kier molecular flexibility index (Phi) is 4.49. The first-order valence-corrected chi connectivity index (χ1v) is 6.98. The Morgan fingerprint density at radius 2 is 2.10 bits per heavy atom. The minimum absolute atomic E-state index is 0.0792. The van der Waals surface area contributed by atoms with E-state index < -0.39 is 6.04 Å². The third-order valence-electron chi connectivity index (χ3n) is 3.95. The molecule has 0 radical (unpaired) electrons. The van der Waals surface area contributed by atoms with Crippen molar-refractivity contribution in [2.24, 2.45) is 11.7 Å².